The summed E-state index contributed by atoms with van der Waals surface area (Å²) in [5, 5.41) is 3.03. The Morgan fingerprint density at radius 1 is 1.50 bits per heavy atom. The summed E-state index contributed by atoms with van der Waals surface area (Å²) in [5.74, 6) is 0.831. The molecule has 3 heteroatoms. The second kappa shape index (κ2) is 4.72. The van der Waals surface area contributed by atoms with Crippen LogP contribution in [0.4, 0.5) is 0 Å². The van der Waals surface area contributed by atoms with Crippen LogP contribution in [0.5, 0.6) is 5.75 Å². The zero-order valence-electron chi connectivity index (χ0n) is 7.50. The van der Waals surface area contributed by atoms with Gasteiger partial charge in [-0.1, -0.05) is 0 Å². The van der Waals surface area contributed by atoms with Crippen LogP contribution in [0.15, 0.2) is 18.3 Å². The zero-order chi connectivity index (χ0) is 8.81. The summed E-state index contributed by atoms with van der Waals surface area (Å²) in [4.78, 5) is 4.20. The Morgan fingerprint density at radius 3 is 2.83 bits per heavy atom. The fraction of sp³-hybridized carbons (Fsp3) is 0.444. The molecule has 1 N–H and O–H groups in total. The quantitative estimate of drug-likeness (QED) is 0.729. The maximum absolute atomic E-state index is 5.26. The number of pyridine rings is 1. The summed E-state index contributed by atoms with van der Waals surface area (Å²) in [7, 11) is 1.90. The first kappa shape index (κ1) is 9.00. The lowest BCUT2D eigenvalue weighted by Crippen LogP contribution is -2.06. The monoisotopic (exact) mass is 166 g/mol. The average molecular weight is 166 g/mol. The van der Waals surface area contributed by atoms with Crippen molar-refractivity contribution in [3.63, 3.8) is 0 Å². The van der Waals surface area contributed by atoms with Crippen molar-refractivity contribution >= 4 is 0 Å². The van der Waals surface area contributed by atoms with Crippen molar-refractivity contribution in [1.82, 2.24) is 10.3 Å². The number of ether oxygens (including phenoxy) is 1. The normalized spacial score (nSPS) is 9.83. The van der Waals surface area contributed by atoms with E-state index in [4.69, 9.17) is 4.74 Å². The number of nitrogens with one attached hydrogen (secondary N) is 1. The Bertz CT molecular complexity index is 195. The molecule has 0 unspecified atom stereocenters. The van der Waals surface area contributed by atoms with Crippen molar-refractivity contribution in [3.8, 4) is 5.75 Å². The fourth-order valence-electron chi connectivity index (χ4n) is 0.949. The molecule has 66 valence electrons. The van der Waals surface area contributed by atoms with E-state index >= 15 is 0 Å². The molecule has 1 aromatic heterocycles. The van der Waals surface area contributed by atoms with Gasteiger partial charge < -0.3 is 10.1 Å². The lowest BCUT2D eigenvalue weighted by atomic mass is 10.3. The fourth-order valence-corrected chi connectivity index (χ4v) is 0.949. The smallest absolute Gasteiger partial charge is 0.137 e. The van der Waals surface area contributed by atoms with E-state index < -0.39 is 0 Å². The van der Waals surface area contributed by atoms with Gasteiger partial charge in [0.05, 0.1) is 18.5 Å². The van der Waals surface area contributed by atoms with E-state index in [2.05, 4.69) is 10.3 Å². The van der Waals surface area contributed by atoms with Gasteiger partial charge >= 0.3 is 0 Å². The van der Waals surface area contributed by atoms with Crippen molar-refractivity contribution in [3.05, 3.63) is 24.0 Å². The lowest BCUT2D eigenvalue weighted by Gasteiger charge is -2.03. The zero-order valence-corrected chi connectivity index (χ0v) is 7.50. The number of aromatic nitrogens is 1. The van der Waals surface area contributed by atoms with E-state index in [1.807, 2.05) is 26.1 Å². The third-order valence-corrected chi connectivity index (χ3v) is 1.47. The Labute approximate surface area is 72.8 Å². The molecule has 0 saturated carbocycles. The number of rotatable bonds is 4. The second-order valence-electron chi connectivity index (χ2n) is 2.45. The average Bonchev–Trinajstić information content (AvgIpc) is 2.09. The van der Waals surface area contributed by atoms with Crippen molar-refractivity contribution in [2.75, 3.05) is 13.7 Å². The highest BCUT2D eigenvalue weighted by atomic mass is 16.5. The first-order valence-electron chi connectivity index (χ1n) is 4.09. The van der Waals surface area contributed by atoms with Gasteiger partial charge in [0, 0.05) is 6.54 Å². The van der Waals surface area contributed by atoms with E-state index in [0.29, 0.717) is 6.61 Å². The number of hydrogen-bond acceptors (Lipinski definition) is 3. The molecule has 1 aromatic rings. The second-order valence-corrected chi connectivity index (χ2v) is 2.45. The van der Waals surface area contributed by atoms with Crippen LogP contribution in [-0.4, -0.2) is 18.6 Å². The molecule has 0 atom stereocenters. The van der Waals surface area contributed by atoms with E-state index in [9.17, 15) is 0 Å². The standard InChI is InChI=1S/C9H14N2O/c1-3-12-9-5-4-8(6-10-2)11-7-9/h4-5,7,10H,3,6H2,1-2H3. The minimum atomic E-state index is 0.688. The van der Waals surface area contributed by atoms with E-state index in [0.717, 1.165) is 18.0 Å². The predicted molar refractivity (Wildman–Crippen MR) is 48.2 cm³/mol. The van der Waals surface area contributed by atoms with E-state index in [1.165, 1.54) is 0 Å². The summed E-state index contributed by atoms with van der Waals surface area (Å²) < 4.78 is 5.26. The van der Waals surface area contributed by atoms with Crippen molar-refractivity contribution in [2.24, 2.45) is 0 Å². The van der Waals surface area contributed by atoms with Crippen LogP contribution in [0, 0.1) is 0 Å². The van der Waals surface area contributed by atoms with Crippen LogP contribution < -0.4 is 10.1 Å². The van der Waals surface area contributed by atoms with Gasteiger partial charge in [-0.3, -0.25) is 4.98 Å². The molecule has 0 radical (unpaired) electrons. The molecule has 0 saturated heterocycles. The molecule has 0 fully saturated rings. The summed E-state index contributed by atoms with van der Waals surface area (Å²) >= 11 is 0. The highest BCUT2D eigenvalue weighted by Crippen LogP contribution is 2.08. The van der Waals surface area contributed by atoms with Crippen LogP contribution in [0.3, 0.4) is 0 Å². The molecule has 0 amide bonds. The van der Waals surface area contributed by atoms with Gasteiger partial charge in [-0.2, -0.15) is 0 Å². The summed E-state index contributed by atoms with van der Waals surface area (Å²) in [6, 6.07) is 3.89. The SMILES string of the molecule is CCOc1ccc(CNC)nc1. The predicted octanol–water partition coefficient (Wildman–Crippen LogP) is 1.20. The van der Waals surface area contributed by atoms with E-state index in [1.54, 1.807) is 6.20 Å². The molecule has 1 rings (SSSR count). The molecular formula is C9H14N2O. The van der Waals surface area contributed by atoms with Crippen LogP contribution >= 0.6 is 0 Å². The Kier molecular flexibility index (Phi) is 3.54. The van der Waals surface area contributed by atoms with Gasteiger partial charge in [-0.15, -0.1) is 0 Å². The summed E-state index contributed by atoms with van der Waals surface area (Å²) in [5.41, 5.74) is 1.03. The highest BCUT2D eigenvalue weighted by molar-refractivity contribution is 5.19. The van der Waals surface area contributed by atoms with Gasteiger partial charge in [0.2, 0.25) is 0 Å². The number of hydrogen-bond donors (Lipinski definition) is 1. The Hall–Kier alpha value is -1.09. The summed E-state index contributed by atoms with van der Waals surface area (Å²) in [6.45, 7) is 3.45. The Balaban J connectivity index is 2.58. The third kappa shape index (κ3) is 2.51. The van der Waals surface area contributed by atoms with Crippen LogP contribution in [0.2, 0.25) is 0 Å². The molecule has 0 aromatic carbocycles. The number of nitrogens with zero attached hydrogens (tertiary/aromatic N) is 1. The highest BCUT2D eigenvalue weighted by Gasteiger charge is 1.93. The molecule has 0 bridgehead atoms. The molecule has 0 aliphatic rings. The maximum atomic E-state index is 5.26. The topological polar surface area (TPSA) is 34.1 Å². The minimum Gasteiger partial charge on any atom is -0.492 e. The van der Waals surface area contributed by atoms with Gasteiger partial charge in [0.15, 0.2) is 0 Å². The molecule has 12 heavy (non-hydrogen) atoms. The first-order chi connectivity index (χ1) is 5.86. The van der Waals surface area contributed by atoms with Crippen molar-refractivity contribution < 1.29 is 4.74 Å². The van der Waals surface area contributed by atoms with Gasteiger partial charge in [0.1, 0.15) is 5.75 Å². The lowest BCUT2D eigenvalue weighted by molar-refractivity contribution is 0.338. The first-order valence-corrected chi connectivity index (χ1v) is 4.09. The van der Waals surface area contributed by atoms with Gasteiger partial charge in [0.25, 0.3) is 0 Å². The molecule has 1 heterocycles. The third-order valence-electron chi connectivity index (χ3n) is 1.47. The molecule has 0 aliphatic carbocycles. The van der Waals surface area contributed by atoms with Crippen LogP contribution in [0.1, 0.15) is 12.6 Å². The summed E-state index contributed by atoms with van der Waals surface area (Å²) in [6.07, 6.45) is 1.75. The Morgan fingerprint density at radius 2 is 2.33 bits per heavy atom. The van der Waals surface area contributed by atoms with E-state index in [-0.39, 0.29) is 0 Å². The molecule has 0 spiro atoms. The maximum Gasteiger partial charge on any atom is 0.137 e. The van der Waals surface area contributed by atoms with Crippen molar-refractivity contribution in [2.45, 2.75) is 13.5 Å². The molecule has 0 aliphatic heterocycles. The van der Waals surface area contributed by atoms with Crippen LogP contribution in [0.25, 0.3) is 0 Å². The van der Waals surface area contributed by atoms with Crippen molar-refractivity contribution in [1.29, 1.82) is 0 Å². The van der Waals surface area contributed by atoms with Crippen LogP contribution in [-0.2, 0) is 6.54 Å². The van der Waals surface area contributed by atoms with Gasteiger partial charge in [-0.05, 0) is 26.1 Å². The van der Waals surface area contributed by atoms with Gasteiger partial charge in [-0.25, -0.2) is 0 Å². The molecule has 3 nitrogen and oxygen atoms in total. The minimum absolute atomic E-state index is 0.688. The largest absolute Gasteiger partial charge is 0.492 e. The molecular weight excluding hydrogens is 152 g/mol.